The Morgan fingerprint density at radius 3 is 1.62 bits per heavy atom. The summed E-state index contributed by atoms with van der Waals surface area (Å²) in [5, 5.41) is 0. The van der Waals surface area contributed by atoms with E-state index >= 15 is 0 Å². The van der Waals surface area contributed by atoms with Crippen LogP contribution in [0.15, 0.2) is 84.9 Å². The van der Waals surface area contributed by atoms with Crippen molar-refractivity contribution in [3.8, 4) is 23.3 Å². The molecule has 0 unspecified atom stereocenters. The van der Waals surface area contributed by atoms with Gasteiger partial charge in [-0.25, -0.2) is 9.97 Å². The highest BCUT2D eigenvalue weighted by Gasteiger charge is 2.24. The quantitative estimate of drug-likeness (QED) is 0.132. The summed E-state index contributed by atoms with van der Waals surface area (Å²) in [6, 6.07) is 26.3. The number of hydrogen-bond donors (Lipinski definition) is 0. The number of rotatable bonds is 11. The number of ether oxygens (including phenoxy) is 2. The van der Waals surface area contributed by atoms with Gasteiger partial charge < -0.3 is 18.5 Å². The van der Waals surface area contributed by atoms with Crippen molar-refractivity contribution in [2.75, 3.05) is 13.2 Å². The smallest absolute Gasteiger partial charge is 0.335 e. The predicted octanol–water partition coefficient (Wildman–Crippen LogP) is 8.87. The number of nitrogens with zero attached hydrogens (tertiary/aromatic N) is 2. The van der Waals surface area contributed by atoms with E-state index in [1.54, 1.807) is 19.9 Å². The lowest BCUT2D eigenvalue weighted by Crippen LogP contribution is -1.99. The van der Waals surface area contributed by atoms with Gasteiger partial charge in [0.15, 0.2) is 0 Å². The first kappa shape index (κ1) is 30.3. The van der Waals surface area contributed by atoms with Crippen molar-refractivity contribution in [3.05, 3.63) is 107 Å². The van der Waals surface area contributed by atoms with Crippen molar-refractivity contribution >= 4 is 19.2 Å². The fourth-order valence-electron chi connectivity index (χ4n) is 3.54. The normalized spacial score (nSPS) is 10.9. The first-order valence-electron chi connectivity index (χ1n) is 12.7. The molecule has 0 spiro atoms. The largest absolute Gasteiger partial charge is 0.439 e. The molecule has 2 heterocycles. The maximum atomic E-state index is 12.6. The Bertz CT molecular complexity index is 1370. The van der Waals surface area contributed by atoms with Crippen molar-refractivity contribution in [1.29, 1.82) is 0 Å². The number of pyridine rings is 2. The number of aryl methyl sites for hydroxylation is 2. The van der Waals surface area contributed by atoms with Crippen LogP contribution >= 0.6 is 19.2 Å². The van der Waals surface area contributed by atoms with E-state index in [0.29, 0.717) is 36.6 Å². The maximum Gasteiger partial charge on any atom is 0.335 e. The Labute approximate surface area is 235 Å². The van der Waals surface area contributed by atoms with Gasteiger partial charge in [0.05, 0.1) is 19.4 Å². The van der Waals surface area contributed by atoms with Gasteiger partial charge in [-0.2, -0.15) is 0 Å². The number of benzene rings is 2. The second kappa shape index (κ2) is 15.4. The summed E-state index contributed by atoms with van der Waals surface area (Å²) in [5.74, 6) is 3.02. The van der Waals surface area contributed by atoms with E-state index in [4.69, 9.17) is 30.1 Å². The monoisotopic (exact) mass is 568 g/mol. The standard InChI is InChI=1S/C17H22NO4P.C13H12ClNO/c1-4-20-23(19,21-5-2)13-15-9-7-10-16(12-15)22-17-11-6-8-14(3)18-17;1-10-4-2-7-13(15-10)16-12-6-3-5-11(8-12)9-14/h6-12H,4-5,13H2,1-3H3;2-8H,9H2,1H3. The molecule has 4 rings (SSSR count). The topological polar surface area (TPSA) is 79.8 Å². The molecule has 0 aliphatic heterocycles. The average Bonchev–Trinajstić information content (AvgIpc) is 2.90. The molecule has 2 aromatic heterocycles. The van der Waals surface area contributed by atoms with Crippen molar-refractivity contribution < 1.29 is 23.1 Å². The minimum Gasteiger partial charge on any atom is -0.439 e. The third kappa shape index (κ3) is 10.5. The van der Waals surface area contributed by atoms with E-state index in [-0.39, 0.29) is 6.16 Å². The molecule has 0 saturated carbocycles. The summed E-state index contributed by atoms with van der Waals surface area (Å²) >= 11 is 5.76. The third-order valence-electron chi connectivity index (χ3n) is 5.15. The van der Waals surface area contributed by atoms with Crippen molar-refractivity contribution in [1.82, 2.24) is 9.97 Å². The summed E-state index contributed by atoms with van der Waals surface area (Å²) in [6.45, 7) is 8.14. The second-order valence-electron chi connectivity index (χ2n) is 8.47. The van der Waals surface area contributed by atoms with Crippen LogP contribution < -0.4 is 9.47 Å². The first-order valence-corrected chi connectivity index (χ1v) is 14.9. The molecule has 2 aromatic carbocycles. The average molecular weight is 569 g/mol. The molecular formula is C30H34ClN2O5P. The predicted molar refractivity (Wildman–Crippen MR) is 155 cm³/mol. The van der Waals surface area contributed by atoms with Gasteiger partial charge in [-0.1, -0.05) is 36.4 Å². The Morgan fingerprint density at radius 1 is 0.692 bits per heavy atom. The molecule has 0 radical (unpaired) electrons. The van der Waals surface area contributed by atoms with Crippen LogP contribution in [0.1, 0.15) is 36.4 Å². The molecule has 206 valence electrons. The number of aromatic nitrogens is 2. The van der Waals surface area contributed by atoms with E-state index in [1.807, 2.05) is 92.7 Å². The fourth-order valence-corrected chi connectivity index (χ4v) is 5.39. The highest BCUT2D eigenvalue weighted by molar-refractivity contribution is 7.53. The Balaban J connectivity index is 0.000000230. The van der Waals surface area contributed by atoms with Gasteiger partial charge in [0.1, 0.15) is 11.5 Å². The van der Waals surface area contributed by atoms with Crippen LogP contribution in [0, 0.1) is 13.8 Å². The van der Waals surface area contributed by atoms with Gasteiger partial charge in [-0.3, -0.25) is 4.57 Å². The molecule has 0 bridgehead atoms. The summed E-state index contributed by atoms with van der Waals surface area (Å²) in [5.41, 5.74) is 3.69. The molecule has 0 saturated heterocycles. The Hall–Kier alpha value is -3.22. The molecule has 7 nitrogen and oxygen atoms in total. The van der Waals surface area contributed by atoms with Gasteiger partial charge in [0.25, 0.3) is 0 Å². The van der Waals surface area contributed by atoms with E-state index in [0.717, 1.165) is 28.3 Å². The van der Waals surface area contributed by atoms with E-state index < -0.39 is 7.60 Å². The van der Waals surface area contributed by atoms with Crippen LogP contribution in [-0.4, -0.2) is 23.2 Å². The second-order valence-corrected chi connectivity index (χ2v) is 10.8. The van der Waals surface area contributed by atoms with Crippen LogP contribution in [0.3, 0.4) is 0 Å². The highest BCUT2D eigenvalue weighted by Crippen LogP contribution is 2.51. The van der Waals surface area contributed by atoms with E-state index in [9.17, 15) is 4.57 Å². The van der Waals surface area contributed by atoms with Crippen LogP contribution in [0.5, 0.6) is 23.3 Å². The number of hydrogen-bond acceptors (Lipinski definition) is 7. The highest BCUT2D eigenvalue weighted by atomic mass is 35.5. The molecule has 0 fully saturated rings. The third-order valence-corrected chi connectivity index (χ3v) is 7.51. The first-order chi connectivity index (χ1) is 18.8. The molecule has 0 aliphatic carbocycles. The zero-order chi connectivity index (χ0) is 28.1. The van der Waals surface area contributed by atoms with Gasteiger partial charge in [-0.15, -0.1) is 11.6 Å². The van der Waals surface area contributed by atoms with Gasteiger partial charge in [0.2, 0.25) is 11.8 Å². The molecule has 0 amide bonds. The van der Waals surface area contributed by atoms with Gasteiger partial charge in [0, 0.05) is 29.4 Å². The number of alkyl halides is 1. The van der Waals surface area contributed by atoms with Crippen LogP contribution in [0.4, 0.5) is 0 Å². The van der Waals surface area contributed by atoms with Gasteiger partial charge in [-0.05, 0) is 75.2 Å². The number of halogens is 1. The summed E-state index contributed by atoms with van der Waals surface area (Å²) < 4.78 is 34.6. The fraction of sp³-hybridized carbons (Fsp3) is 0.267. The Kier molecular flexibility index (Phi) is 12.0. The van der Waals surface area contributed by atoms with Crippen LogP contribution in [0.25, 0.3) is 0 Å². The van der Waals surface area contributed by atoms with Crippen LogP contribution in [0.2, 0.25) is 0 Å². The lowest BCUT2D eigenvalue weighted by molar-refractivity contribution is 0.219. The summed E-state index contributed by atoms with van der Waals surface area (Å²) in [6.07, 6.45) is 0.215. The summed E-state index contributed by atoms with van der Waals surface area (Å²) in [7, 11) is -3.12. The van der Waals surface area contributed by atoms with Crippen molar-refractivity contribution in [2.24, 2.45) is 0 Å². The van der Waals surface area contributed by atoms with Crippen molar-refractivity contribution in [2.45, 2.75) is 39.7 Å². The lowest BCUT2D eigenvalue weighted by Gasteiger charge is -2.17. The maximum absolute atomic E-state index is 12.6. The lowest BCUT2D eigenvalue weighted by atomic mass is 10.2. The molecule has 0 aliphatic rings. The van der Waals surface area contributed by atoms with Gasteiger partial charge >= 0.3 is 7.60 Å². The van der Waals surface area contributed by atoms with Crippen molar-refractivity contribution in [3.63, 3.8) is 0 Å². The molecular weight excluding hydrogens is 535 g/mol. The van der Waals surface area contributed by atoms with E-state index in [1.165, 1.54) is 0 Å². The molecule has 0 N–H and O–H groups in total. The zero-order valence-electron chi connectivity index (χ0n) is 22.7. The molecule has 39 heavy (non-hydrogen) atoms. The minimum atomic E-state index is -3.12. The zero-order valence-corrected chi connectivity index (χ0v) is 24.3. The molecule has 0 atom stereocenters. The SMILES string of the molecule is CCOP(=O)(Cc1cccc(Oc2cccc(C)n2)c1)OCC.Cc1cccc(Oc2cccc(CCl)c2)n1. The minimum absolute atomic E-state index is 0.215. The molecule has 4 aromatic rings. The summed E-state index contributed by atoms with van der Waals surface area (Å²) in [4.78, 5) is 8.57. The molecule has 9 heteroatoms. The van der Waals surface area contributed by atoms with E-state index in [2.05, 4.69) is 9.97 Å². The Morgan fingerprint density at radius 2 is 1.15 bits per heavy atom. The van der Waals surface area contributed by atoms with Crippen LogP contribution in [-0.2, 0) is 25.7 Å².